The van der Waals surface area contributed by atoms with Crippen LogP contribution in [-0.2, 0) is 10.0 Å². The summed E-state index contributed by atoms with van der Waals surface area (Å²) in [4.78, 5) is 7.96. The van der Waals surface area contributed by atoms with Crippen molar-refractivity contribution in [1.82, 2.24) is 14.7 Å². The first-order valence-electron chi connectivity index (χ1n) is 9.05. The Morgan fingerprint density at radius 2 is 1.67 bits per heavy atom. The van der Waals surface area contributed by atoms with Crippen molar-refractivity contribution >= 4 is 10.0 Å². The van der Waals surface area contributed by atoms with Gasteiger partial charge in [0.2, 0.25) is 21.8 Å². The zero-order valence-electron chi connectivity index (χ0n) is 15.9. The average molecular weight is 447 g/mol. The van der Waals surface area contributed by atoms with E-state index in [-0.39, 0.29) is 17.0 Å². The van der Waals surface area contributed by atoms with E-state index in [2.05, 4.69) is 19.4 Å². The van der Waals surface area contributed by atoms with Gasteiger partial charge in [0.1, 0.15) is 11.9 Å². The lowest BCUT2D eigenvalue weighted by molar-refractivity contribution is -0.274. The van der Waals surface area contributed by atoms with Crippen molar-refractivity contribution < 1.29 is 35.8 Å². The maximum atomic E-state index is 12.5. The lowest BCUT2D eigenvalue weighted by atomic mass is 9.94. The Labute approximate surface area is 171 Å². The molecule has 1 heterocycles. The summed E-state index contributed by atoms with van der Waals surface area (Å²) in [5.74, 6) is 0.180. The molecule has 1 fully saturated rings. The third kappa shape index (κ3) is 6.20. The van der Waals surface area contributed by atoms with E-state index in [4.69, 9.17) is 9.47 Å². The first kappa shape index (κ1) is 22.1. The molecule has 164 valence electrons. The van der Waals surface area contributed by atoms with Crippen LogP contribution in [0.4, 0.5) is 13.2 Å². The summed E-state index contributed by atoms with van der Waals surface area (Å²) in [6.45, 7) is 0. The molecule has 1 aromatic heterocycles. The molecular weight excluding hydrogens is 427 g/mol. The van der Waals surface area contributed by atoms with Gasteiger partial charge in [-0.15, -0.1) is 13.2 Å². The lowest BCUT2D eigenvalue weighted by Crippen LogP contribution is -2.39. The fourth-order valence-electron chi connectivity index (χ4n) is 3.06. The molecule has 1 aromatic carbocycles. The number of hydrogen-bond donors (Lipinski definition) is 1. The molecule has 0 atom stereocenters. The Kier molecular flexibility index (Phi) is 6.66. The molecule has 1 aliphatic rings. The Morgan fingerprint density at radius 1 is 1.03 bits per heavy atom. The largest absolute Gasteiger partial charge is 0.573 e. The highest BCUT2D eigenvalue weighted by Crippen LogP contribution is 2.26. The Balaban J connectivity index is 1.53. The number of methoxy groups -OCH3 is 1. The minimum absolute atomic E-state index is 0.133. The van der Waals surface area contributed by atoms with Crippen LogP contribution in [0.5, 0.6) is 17.5 Å². The van der Waals surface area contributed by atoms with Gasteiger partial charge in [0.05, 0.1) is 24.4 Å². The molecule has 1 aliphatic carbocycles. The molecule has 0 amide bonds. The molecule has 2 aromatic rings. The van der Waals surface area contributed by atoms with Gasteiger partial charge in [-0.3, -0.25) is 4.98 Å². The summed E-state index contributed by atoms with van der Waals surface area (Å²) < 4.78 is 78.8. The molecule has 0 bridgehead atoms. The van der Waals surface area contributed by atoms with E-state index in [9.17, 15) is 21.6 Å². The summed E-state index contributed by atoms with van der Waals surface area (Å²) in [7, 11) is -2.40. The predicted molar refractivity (Wildman–Crippen MR) is 98.7 cm³/mol. The van der Waals surface area contributed by atoms with E-state index < -0.39 is 22.1 Å². The fraction of sp³-hybridized carbons (Fsp3) is 0.444. The summed E-state index contributed by atoms with van der Waals surface area (Å²) in [6, 6.07) is 3.75. The molecular formula is C18H20F3N3O5S. The topological polar surface area (TPSA) is 99.6 Å². The van der Waals surface area contributed by atoms with Crippen molar-refractivity contribution in [3.05, 3.63) is 36.7 Å². The smallest absolute Gasteiger partial charge is 0.480 e. The van der Waals surface area contributed by atoms with Crippen molar-refractivity contribution in [3.63, 3.8) is 0 Å². The van der Waals surface area contributed by atoms with Crippen molar-refractivity contribution in [2.45, 2.75) is 49.1 Å². The second kappa shape index (κ2) is 9.04. The molecule has 12 heteroatoms. The second-order valence-corrected chi connectivity index (χ2v) is 8.35. The predicted octanol–water partition coefficient (Wildman–Crippen LogP) is 3.05. The van der Waals surface area contributed by atoms with Gasteiger partial charge in [-0.25, -0.2) is 13.1 Å². The zero-order valence-corrected chi connectivity index (χ0v) is 16.7. The Morgan fingerprint density at radius 3 is 2.27 bits per heavy atom. The van der Waals surface area contributed by atoms with Crippen LogP contribution in [-0.4, -0.2) is 44.0 Å². The molecule has 0 spiro atoms. The van der Waals surface area contributed by atoms with Gasteiger partial charge in [-0.2, -0.15) is 4.98 Å². The normalized spacial score (nSPS) is 19.9. The third-order valence-electron chi connectivity index (χ3n) is 4.45. The number of nitrogens with one attached hydrogen (secondary N) is 1. The lowest BCUT2D eigenvalue weighted by Gasteiger charge is -2.29. The molecule has 30 heavy (non-hydrogen) atoms. The number of nitrogens with zero attached hydrogens (tertiary/aromatic N) is 2. The van der Waals surface area contributed by atoms with Crippen LogP contribution < -0.4 is 18.9 Å². The third-order valence-corrected chi connectivity index (χ3v) is 5.99. The maximum Gasteiger partial charge on any atom is 0.573 e. The number of benzene rings is 1. The van der Waals surface area contributed by atoms with E-state index in [1.54, 1.807) is 0 Å². The fourth-order valence-corrected chi connectivity index (χ4v) is 4.37. The van der Waals surface area contributed by atoms with Crippen molar-refractivity contribution in [3.8, 4) is 17.5 Å². The number of sulfonamides is 1. The number of rotatable bonds is 7. The highest BCUT2D eigenvalue weighted by molar-refractivity contribution is 7.89. The van der Waals surface area contributed by atoms with E-state index in [0.29, 0.717) is 37.4 Å². The monoisotopic (exact) mass is 447 g/mol. The molecule has 1 saturated carbocycles. The first-order valence-corrected chi connectivity index (χ1v) is 10.5. The van der Waals surface area contributed by atoms with Crippen molar-refractivity contribution in [2.24, 2.45) is 0 Å². The number of aromatic nitrogens is 2. The molecule has 3 rings (SSSR count). The van der Waals surface area contributed by atoms with Crippen LogP contribution in [0.1, 0.15) is 25.7 Å². The van der Waals surface area contributed by atoms with Gasteiger partial charge in [0, 0.05) is 6.04 Å². The van der Waals surface area contributed by atoms with Crippen LogP contribution in [0, 0.1) is 0 Å². The Bertz CT molecular complexity index is 946. The van der Waals surface area contributed by atoms with Gasteiger partial charge < -0.3 is 14.2 Å². The van der Waals surface area contributed by atoms with E-state index in [1.807, 2.05) is 0 Å². The number of alkyl halides is 3. The van der Waals surface area contributed by atoms with Crippen molar-refractivity contribution in [1.29, 1.82) is 0 Å². The van der Waals surface area contributed by atoms with Gasteiger partial charge in [-0.1, -0.05) is 0 Å². The highest BCUT2D eigenvalue weighted by atomic mass is 32.2. The second-order valence-electron chi connectivity index (χ2n) is 6.63. The van der Waals surface area contributed by atoms with E-state index >= 15 is 0 Å². The number of halogens is 3. The van der Waals surface area contributed by atoms with Crippen LogP contribution in [0.25, 0.3) is 0 Å². The standard InChI is InChI=1S/C18H20F3N3O5S/c1-27-16-10-22-11-17(23-16)28-13-4-2-12(3-5-13)24-30(25,26)15-8-6-14(7-9-15)29-18(19,20)21/h6-13,24H,2-5H2,1H3. The summed E-state index contributed by atoms with van der Waals surface area (Å²) >= 11 is 0. The summed E-state index contributed by atoms with van der Waals surface area (Å²) in [6.07, 6.45) is 0.243. The van der Waals surface area contributed by atoms with Gasteiger partial charge in [0.25, 0.3) is 0 Å². The van der Waals surface area contributed by atoms with Crippen LogP contribution in [0.15, 0.2) is 41.6 Å². The van der Waals surface area contributed by atoms with Gasteiger partial charge in [-0.05, 0) is 49.9 Å². The highest BCUT2D eigenvalue weighted by Gasteiger charge is 2.31. The number of ether oxygens (including phenoxy) is 3. The maximum absolute atomic E-state index is 12.5. The number of hydrogen-bond acceptors (Lipinski definition) is 7. The molecule has 1 N–H and O–H groups in total. The SMILES string of the molecule is COc1cncc(OC2CCC(NS(=O)(=O)c3ccc(OC(F)(F)F)cc3)CC2)n1. The molecule has 0 unspecified atom stereocenters. The minimum atomic E-state index is -4.84. The van der Waals surface area contributed by atoms with Gasteiger partial charge in [0.15, 0.2) is 0 Å². The van der Waals surface area contributed by atoms with E-state index in [1.165, 1.54) is 19.5 Å². The zero-order chi connectivity index (χ0) is 21.8. The Hall–Kier alpha value is -2.60. The average Bonchev–Trinajstić information content (AvgIpc) is 2.69. The van der Waals surface area contributed by atoms with Crippen LogP contribution in [0.2, 0.25) is 0 Å². The minimum Gasteiger partial charge on any atom is -0.480 e. The quantitative estimate of drug-likeness (QED) is 0.696. The first-order chi connectivity index (χ1) is 14.1. The van der Waals surface area contributed by atoms with E-state index in [0.717, 1.165) is 24.3 Å². The van der Waals surface area contributed by atoms with Crippen molar-refractivity contribution in [2.75, 3.05) is 7.11 Å². The van der Waals surface area contributed by atoms with Gasteiger partial charge >= 0.3 is 6.36 Å². The molecule has 8 nitrogen and oxygen atoms in total. The molecule has 0 saturated heterocycles. The summed E-state index contributed by atoms with van der Waals surface area (Å²) in [5.41, 5.74) is 0. The van der Waals surface area contributed by atoms with Crippen LogP contribution >= 0.6 is 0 Å². The van der Waals surface area contributed by atoms with Crippen LogP contribution in [0.3, 0.4) is 0 Å². The summed E-state index contributed by atoms with van der Waals surface area (Å²) in [5, 5.41) is 0. The molecule has 0 aliphatic heterocycles. The molecule has 0 radical (unpaired) electrons.